The summed E-state index contributed by atoms with van der Waals surface area (Å²) < 4.78 is 0. The number of carbonyl (C=O) groups excluding carboxylic acids is 1. The fourth-order valence-electron chi connectivity index (χ4n) is 1.86. The second-order valence-corrected chi connectivity index (χ2v) is 4.33. The van der Waals surface area contributed by atoms with Crippen molar-refractivity contribution in [2.24, 2.45) is 0 Å². The molecule has 0 saturated heterocycles. The summed E-state index contributed by atoms with van der Waals surface area (Å²) in [5, 5.41) is 30.5. The van der Waals surface area contributed by atoms with Crippen LogP contribution in [-0.2, 0) is 4.79 Å². The van der Waals surface area contributed by atoms with E-state index < -0.39 is 29.4 Å². The van der Waals surface area contributed by atoms with Crippen molar-refractivity contribution >= 4 is 11.9 Å². The van der Waals surface area contributed by atoms with Crippen LogP contribution in [0.3, 0.4) is 0 Å². The highest BCUT2D eigenvalue weighted by Gasteiger charge is 2.24. The first-order valence-corrected chi connectivity index (χ1v) is 6.10. The van der Waals surface area contributed by atoms with Gasteiger partial charge in [0.25, 0.3) is 5.91 Å². The quantitative estimate of drug-likeness (QED) is 0.640. The summed E-state index contributed by atoms with van der Waals surface area (Å²) in [5.41, 5.74) is 0.204. The number of benzene rings is 2. The normalized spacial score (nSPS) is 11.6. The van der Waals surface area contributed by atoms with E-state index in [9.17, 15) is 24.9 Å². The fraction of sp³-hybridized carbons (Fsp3) is 0.0667. The molecule has 2 rings (SSSR count). The maximum Gasteiger partial charge on any atom is 0.330 e. The molecule has 0 radical (unpaired) electrons. The third-order valence-electron chi connectivity index (χ3n) is 2.91. The fourth-order valence-corrected chi connectivity index (χ4v) is 1.86. The van der Waals surface area contributed by atoms with E-state index in [2.05, 4.69) is 5.32 Å². The van der Waals surface area contributed by atoms with Crippen LogP contribution in [0.15, 0.2) is 48.5 Å². The predicted octanol–water partition coefficient (Wildman–Crippen LogP) is 1.65. The number of carboxylic acid groups (broad SMARTS) is 1. The maximum atomic E-state index is 12.1. The smallest absolute Gasteiger partial charge is 0.330 e. The van der Waals surface area contributed by atoms with Gasteiger partial charge in [-0.05, 0) is 17.7 Å². The Hall–Kier alpha value is -3.02. The Morgan fingerprint density at radius 3 is 2.24 bits per heavy atom. The molecule has 6 nitrogen and oxygen atoms in total. The van der Waals surface area contributed by atoms with Gasteiger partial charge in [-0.25, -0.2) is 4.79 Å². The van der Waals surface area contributed by atoms with Gasteiger partial charge in [0.05, 0.1) is 5.56 Å². The molecule has 108 valence electrons. The minimum atomic E-state index is -1.25. The summed E-state index contributed by atoms with van der Waals surface area (Å²) in [6.45, 7) is 0. The summed E-state index contributed by atoms with van der Waals surface area (Å²) in [6, 6.07) is 10.8. The molecule has 0 heterocycles. The molecular formula is C15H13NO5. The highest BCUT2D eigenvalue weighted by atomic mass is 16.4. The highest BCUT2D eigenvalue weighted by Crippen LogP contribution is 2.28. The molecule has 4 N–H and O–H groups in total. The second kappa shape index (κ2) is 5.96. The van der Waals surface area contributed by atoms with E-state index in [1.54, 1.807) is 30.3 Å². The number of aromatic hydroxyl groups is 2. The van der Waals surface area contributed by atoms with E-state index >= 15 is 0 Å². The lowest BCUT2D eigenvalue weighted by Crippen LogP contribution is -2.33. The van der Waals surface area contributed by atoms with Gasteiger partial charge in [0, 0.05) is 0 Å². The number of aliphatic carboxylic acids is 1. The Balaban J connectivity index is 2.28. The van der Waals surface area contributed by atoms with Crippen molar-refractivity contribution in [2.45, 2.75) is 6.04 Å². The molecule has 6 heteroatoms. The third kappa shape index (κ3) is 3.11. The Morgan fingerprint density at radius 2 is 1.62 bits per heavy atom. The second-order valence-electron chi connectivity index (χ2n) is 4.33. The van der Waals surface area contributed by atoms with Crippen molar-refractivity contribution in [3.8, 4) is 11.5 Å². The van der Waals surface area contributed by atoms with Gasteiger partial charge in [-0.3, -0.25) is 4.79 Å². The molecule has 21 heavy (non-hydrogen) atoms. The Morgan fingerprint density at radius 1 is 0.952 bits per heavy atom. The van der Waals surface area contributed by atoms with Gasteiger partial charge in [0.2, 0.25) is 0 Å². The number of hydrogen-bond acceptors (Lipinski definition) is 4. The van der Waals surface area contributed by atoms with Crippen LogP contribution in [0.2, 0.25) is 0 Å². The first-order valence-electron chi connectivity index (χ1n) is 6.10. The van der Waals surface area contributed by atoms with Crippen molar-refractivity contribution in [2.75, 3.05) is 0 Å². The summed E-state index contributed by atoms with van der Waals surface area (Å²) in [6.07, 6.45) is 0. The molecule has 1 atom stereocenters. The zero-order valence-corrected chi connectivity index (χ0v) is 10.9. The Kier molecular flexibility index (Phi) is 4.08. The van der Waals surface area contributed by atoms with Crippen molar-refractivity contribution in [1.82, 2.24) is 5.32 Å². The van der Waals surface area contributed by atoms with E-state index in [1.807, 2.05) is 0 Å². The van der Waals surface area contributed by atoms with E-state index in [-0.39, 0.29) is 5.56 Å². The first kappa shape index (κ1) is 14.4. The minimum absolute atomic E-state index is 0.197. The number of phenols is 2. The van der Waals surface area contributed by atoms with Crippen LogP contribution in [0.5, 0.6) is 11.5 Å². The molecule has 0 aliphatic heterocycles. The van der Waals surface area contributed by atoms with Crippen LogP contribution in [0.25, 0.3) is 0 Å². The number of rotatable bonds is 4. The van der Waals surface area contributed by atoms with Crippen molar-refractivity contribution in [3.63, 3.8) is 0 Å². The lowest BCUT2D eigenvalue weighted by Gasteiger charge is -2.15. The number of nitrogens with one attached hydrogen (secondary N) is 1. The molecule has 0 aliphatic carbocycles. The van der Waals surface area contributed by atoms with Crippen molar-refractivity contribution < 1.29 is 24.9 Å². The molecule has 0 spiro atoms. The molecule has 1 amide bonds. The van der Waals surface area contributed by atoms with Crippen LogP contribution in [0.4, 0.5) is 0 Å². The summed E-state index contributed by atoms with van der Waals surface area (Å²) in [4.78, 5) is 23.4. The number of hydrogen-bond donors (Lipinski definition) is 4. The van der Waals surface area contributed by atoms with Crippen molar-refractivity contribution in [3.05, 3.63) is 59.7 Å². The van der Waals surface area contributed by atoms with Gasteiger partial charge in [0.1, 0.15) is 0 Å². The van der Waals surface area contributed by atoms with E-state index in [1.165, 1.54) is 18.2 Å². The molecular weight excluding hydrogens is 274 g/mol. The number of phenolic OH excluding ortho intramolecular Hbond substituents is 2. The Bertz CT molecular complexity index is 669. The summed E-state index contributed by atoms with van der Waals surface area (Å²) in [7, 11) is 0. The van der Waals surface area contributed by atoms with Crippen LogP contribution in [0.1, 0.15) is 22.0 Å². The summed E-state index contributed by atoms with van der Waals surface area (Å²) in [5.74, 6) is -3.06. The average molecular weight is 287 g/mol. The molecule has 0 fully saturated rings. The lowest BCUT2D eigenvalue weighted by molar-refractivity contribution is -0.139. The van der Waals surface area contributed by atoms with E-state index in [0.717, 1.165) is 0 Å². The molecule has 2 aromatic rings. The first-order chi connectivity index (χ1) is 10.0. The van der Waals surface area contributed by atoms with Gasteiger partial charge in [-0.2, -0.15) is 0 Å². The molecule has 2 aromatic carbocycles. The standard InChI is InChI=1S/C15H13NO5/c17-11-8-4-7-10(13(11)18)14(19)16-12(15(20)21)9-5-2-1-3-6-9/h1-8,12,17-18H,(H,16,19)(H,20,21)/t12-/m1/s1. The van der Waals surface area contributed by atoms with E-state index in [0.29, 0.717) is 5.56 Å². The minimum Gasteiger partial charge on any atom is -0.504 e. The van der Waals surface area contributed by atoms with Crippen molar-refractivity contribution in [1.29, 1.82) is 0 Å². The third-order valence-corrected chi connectivity index (χ3v) is 2.91. The molecule has 0 unspecified atom stereocenters. The Labute approximate surface area is 120 Å². The average Bonchev–Trinajstić information content (AvgIpc) is 2.48. The van der Waals surface area contributed by atoms with Crippen LogP contribution in [0, 0.1) is 0 Å². The van der Waals surface area contributed by atoms with Gasteiger partial charge in [0.15, 0.2) is 17.5 Å². The molecule has 0 bridgehead atoms. The monoisotopic (exact) mass is 287 g/mol. The SMILES string of the molecule is O=C(N[C@@H](C(=O)O)c1ccccc1)c1cccc(O)c1O. The maximum absolute atomic E-state index is 12.1. The zero-order valence-electron chi connectivity index (χ0n) is 10.9. The number of amides is 1. The predicted molar refractivity (Wildman–Crippen MR) is 74.1 cm³/mol. The van der Waals surface area contributed by atoms with Crippen LogP contribution >= 0.6 is 0 Å². The van der Waals surface area contributed by atoms with Crippen LogP contribution < -0.4 is 5.32 Å². The van der Waals surface area contributed by atoms with Gasteiger partial charge in [-0.15, -0.1) is 0 Å². The topological polar surface area (TPSA) is 107 Å². The van der Waals surface area contributed by atoms with E-state index in [4.69, 9.17) is 0 Å². The molecule has 0 saturated carbocycles. The molecule has 0 aromatic heterocycles. The van der Waals surface area contributed by atoms with Gasteiger partial charge >= 0.3 is 5.97 Å². The lowest BCUT2D eigenvalue weighted by atomic mass is 10.1. The molecule has 0 aliphatic rings. The van der Waals surface area contributed by atoms with Gasteiger partial charge < -0.3 is 20.6 Å². The number of para-hydroxylation sites is 1. The summed E-state index contributed by atoms with van der Waals surface area (Å²) >= 11 is 0. The number of carbonyl (C=O) groups is 2. The zero-order chi connectivity index (χ0) is 15.4. The largest absolute Gasteiger partial charge is 0.504 e. The number of carboxylic acids is 1. The van der Waals surface area contributed by atoms with Gasteiger partial charge in [-0.1, -0.05) is 36.4 Å². The highest BCUT2D eigenvalue weighted by molar-refractivity contribution is 5.99. The van der Waals surface area contributed by atoms with Crippen LogP contribution in [-0.4, -0.2) is 27.2 Å².